The number of pyridine rings is 1. The van der Waals surface area contributed by atoms with Crippen LogP contribution in [0, 0.1) is 17.6 Å². The molecule has 1 saturated carbocycles. The number of hydrogen-bond acceptors (Lipinski definition) is 4. The van der Waals surface area contributed by atoms with Gasteiger partial charge in [-0.3, -0.25) is 9.78 Å². The lowest BCUT2D eigenvalue weighted by molar-refractivity contribution is -0.132. The first-order valence-electron chi connectivity index (χ1n) is 10.4. The number of sulfonamides is 1. The van der Waals surface area contributed by atoms with E-state index in [1.807, 2.05) is 0 Å². The fourth-order valence-electron chi connectivity index (χ4n) is 4.47. The molecule has 0 radical (unpaired) electrons. The van der Waals surface area contributed by atoms with E-state index in [2.05, 4.69) is 9.71 Å². The first kappa shape index (κ1) is 21.8. The molecule has 2 heterocycles. The molecule has 6 nitrogen and oxygen atoms in total. The van der Waals surface area contributed by atoms with Crippen LogP contribution in [0.3, 0.4) is 0 Å². The van der Waals surface area contributed by atoms with E-state index < -0.39 is 21.7 Å². The monoisotopic (exact) mass is 449 g/mol. The zero-order chi connectivity index (χ0) is 22.2. The summed E-state index contributed by atoms with van der Waals surface area (Å²) in [6, 6.07) is 5.18. The molecular weight excluding hydrogens is 424 g/mol. The van der Waals surface area contributed by atoms with Crippen LogP contribution in [-0.4, -0.2) is 49.6 Å². The van der Waals surface area contributed by atoms with Gasteiger partial charge in [-0.05, 0) is 60.9 Å². The van der Waals surface area contributed by atoms with E-state index in [-0.39, 0.29) is 29.3 Å². The molecule has 1 saturated heterocycles. The molecule has 1 aliphatic carbocycles. The molecule has 0 spiro atoms. The first-order chi connectivity index (χ1) is 14.7. The van der Waals surface area contributed by atoms with Crippen molar-refractivity contribution in [2.24, 2.45) is 5.92 Å². The third-order valence-electron chi connectivity index (χ3n) is 6.01. The minimum atomic E-state index is -3.29. The van der Waals surface area contributed by atoms with E-state index in [0.29, 0.717) is 43.5 Å². The average Bonchev–Trinajstić information content (AvgIpc) is 3.51. The number of amides is 1. The molecule has 2 aromatic rings. The first-order valence-corrected chi connectivity index (χ1v) is 12.3. The van der Waals surface area contributed by atoms with E-state index in [4.69, 9.17) is 0 Å². The van der Waals surface area contributed by atoms with E-state index in [1.165, 1.54) is 24.4 Å². The third kappa shape index (κ3) is 4.93. The van der Waals surface area contributed by atoms with Crippen LogP contribution in [0.25, 0.3) is 11.1 Å². The number of likely N-dealkylation sites (tertiary alicyclic amines) is 1. The number of carbonyl (C=O) groups excluding carboxylic acids is 1. The minimum Gasteiger partial charge on any atom is -0.342 e. The Balaban J connectivity index is 1.48. The maximum Gasteiger partial charge on any atom is 0.226 e. The van der Waals surface area contributed by atoms with Gasteiger partial charge in [0.25, 0.3) is 0 Å². The van der Waals surface area contributed by atoms with E-state index in [0.717, 1.165) is 12.7 Å². The van der Waals surface area contributed by atoms with Crippen molar-refractivity contribution in [3.8, 4) is 11.1 Å². The van der Waals surface area contributed by atoms with Crippen molar-refractivity contribution in [3.05, 3.63) is 53.9 Å². The molecule has 1 N–H and O–H groups in total. The van der Waals surface area contributed by atoms with Crippen molar-refractivity contribution in [2.45, 2.75) is 37.6 Å². The summed E-state index contributed by atoms with van der Waals surface area (Å²) in [5, 5.41) is 0. The number of nitrogens with zero attached hydrogens (tertiary/aromatic N) is 2. The fourth-order valence-corrected chi connectivity index (χ4v) is 5.31. The number of carbonyl (C=O) groups is 1. The molecule has 1 aromatic heterocycles. The van der Waals surface area contributed by atoms with Crippen LogP contribution in [0.4, 0.5) is 8.78 Å². The standard InChI is InChI=1S/C22H25F2N3O3S/c1-31(29,30)26-14-4-3-10-27(11-8-14)22(28)17-12-16(17)18-13-25-9-7-15(18)21-19(23)5-2-6-20(21)24/h2,5-7,9,13-14,16-17,26H,3-4,8,10-12H2,1H3/t14-,16+,17+/m0/s1. The van der Waals surface area contributed by atoms with E-state index >= 15 is 0 Å². The maximum atomic E-state index is 14.4. The van der Waals surface area contributed by atoms with Gasteiger partial charge < -0.3 is 4.90 Å². The Labute approximate surface area is 180 Å². The van der Waals surface area contributed by atoms with Gasteiger partial charge in [0, 0.05) is 37.4 Å². The highest BCUT2D eigenvalue weighted by atomic mass is 32.2. The van der Waals surface area contributed by atoms with E-state index in [9.17, 15) is 22.0 Å². The molecule has 2 fully saturated rings. The van der Waals surface area contributed by atoms with Crippen LogP contribution < -0.4 is 4.72 Å². The number of nitrogens with one attached hydrogen (secondary N) is 1. The minimum absolute atomic E-state index is 0.00816. The summed E-state index contributed by atoms with van der Waals surface area (Å²) in [5.74, 6) is -1.67. The van der Waals surface area contributed by atoms with Crippen molar-refractivity contribution in [2.75, 3.05) is 19.3 Å². The molecule has 1 aliphatic heterocycles. The number of aromatic nitrogens is 1. The summed E-state index contributed by atoms with van der Waals surface area (Å²) in [7, 11) is -3.29. The van der Waals surface area contributed by atoms with Crippen molar-refractivity contribution in [3.63, 3.8) is 0 Å². The second kappa shape index (κ2) is 8.63. The summed E-state index contributed by atoms with van der Waals surface area (Å²) < 4.78 is 54.3. The smallest absolute Gasteiger partial charge is 0.226 e. The summed E-state index contributed by atoms with van der Waals surface area (Å²) in [6.45, 7) is 1.06. The molecule has 3 atom stereocenters. The second-order valence-corrected chi connectivity index (χ2v) is 10.1. The van der Waals surface area contributed by atoms with Gasteiger partial charge in [-0.25, -0.2) is 21.9 Å². The summed E-state index contributed by atoms with van der Waals surface area (Å²) in [4.78, 5) is 19.0. The molecular formula is C22H25F2N3O3S. The Morgan fingerprint density at radius 2 is 1.90 bits per heavy atom. The average molecular weight is 450 g/mol. The molecule has 4 rings (SSSR count). The summed E-state index contributed by atoms with van der Waals surface area (Å²) in [6.07, 6.45) is 6.80. The Morgan fingerprint density at radius 1 is 1.16 bits per heavy atom. The summed E-state index contributed by atoms with van der Waals surface area (Å²) in [5.41, 5.74) is 1.01. The van der Waals surface area contributed by atoms with Crippen LogP contribution in [0.1, 0.15) is 37.2 Å². The predicted octanol–water partition coefficient (Wildman–Crippen LogP) is 3.06. The van der Waals surface area contributed by atoms with Gasteiger partial charge in [0.05, 0.1) is 11.8 Å². The maximum absolute atomic E-state index is 14.4. The lowest BCUT2D eigenvalue weighted by Crippen LogP contribution is -2.36. The van der Waals surface area contributed by atoms with Crippen molar-refractivity contribution >= 4 is 15.9 Å². The van der Waals surface area contributed by atoms with Crippen LogP contribution in [0.2, 0.25) is 0 Å². The molecule has 0 unspecified atom stereocenters. The summed E-state index contributed by atoms with van der Waals surface area (Å²) >= 11 is 0. The number of benzene rings is 1. The van der Waals surface area contributed by atoms with Gasteiger partial charge in [0.1, 0.15) is 11.6 Å². The highest BCUT2D eigenvalue weighted by Crippen LogP contribution is 2.51. The number of halogens is 2. The largest absolute Gasteiger partial charge is 0.342 e. The molecule has 31 heavy (non-hydrogen) atoms. The molecule has 1 amide bonds. The lowest BCUT2D eigenvalue weighted by Gasteiger charge is -2.21. The molecule has 1 aromatic carbocycles. The van der Waals surface area contributed by atoms with Gasteiger partial charge in [-0.2, -0.15) is 0 Å². The van der Waals surface area contributed by atoms with Crippen LogP contribution >= 0.6 is 0 Å². The highest BCUT2D eigenvalue weighted by Gasteiger charge is 2.47. The molecule has 166 valence electrons. The zero-order valence-electron chi connectivity index (χ0n) is 17.2. The van der Waals surface area contributed by atoms with Crippen LogP contribution in [0.15, 0.2) is 36.7 Å². The Morgan fingerprint density at radius 3 is 2.61 bits per heavy atom. The van der Waals surface area contributed by atoms with E-state index in [1.54, 1.807) is 17.2 Å². The predicted molar refractivity (Wildman–Crippen MR) is 113 cm³/mol. The Bertz CT molecular complexity index is 1070. The highest BCUT2D eigenvalue weighted by molar-refractivity contribution is 7.88. The second-order valence-electron chi connectivity index (χ2n) is 8.35. The van der Waals surface area contributed by atoms with Gasteiger partial charge >= 0.3 is 0 Å². The SMILES string of the molecule is CS(=O)(=O)N[C@H]1CCCN(C(=O)[C@@H]2C[C@H]2c2cnccc2-c2c(F)cccc2F)CC1. The van der Waals surface area contributed by atoms with Gasteiger partial charge in [-0.1, -0.05) is 6.07 Å². The zero-order valence-corrected chi connectivity index (χ0v) is 18.0. The molecule has 0 bridgehead atoms. The van der Waals surface area contributed by atoms with Crippen molar-refractivity contribution in [1.29, 1.82) is 0 Å². The number of rotatable bonds is 5. The quantitative estimate of drug-likeness (QED) is 0.761. The van der Waals surface area contributed by atoms with Crippen molar-refractivity contribution in [1.82, 2.24) is 14.6 Å². The Hall–Kier alpha value is -2.39. The topological polar surface area (TPSA) is 79.4 Å². The lowest BCUT2D eigenvalue weighted by atomic mass is 9.97. The van der Waals surface area contributed by atoms with Crippen LogP contribution in [-0.2, 0) is 14.8 Å². The van der Waals surface area contributed by atoms with Crippen molar-refractivity contribution < 1.29 is 22.0 Å². The van der Waals surface area contributed by atoms with Crippen LogP contribution in [0.5, 0.6) is 0 Å². The normalized spacial score (nSPS) is 24.0. The van der Waals surface area contributed by atoms with Gasteiger partial charge in [0.15, 0.2) is 0 Å². The molecule has 9 heteroatoms. The fraction of sp³-hybridized carbons (Fsp3) is 0.455. The molecule has 2 aliphatic rings. The van der Waals surface area contributed by atoms with Gasteiger partial charge in [0.2, 0.25) is 15.9 Å². The Kier molecular flexibility index (Phi) is 6.07. The third-order valence-corrected chi connectivity index (χ3v) is 6.77. The van der Waals surface area contributed by atoms with Gasteiger partial charge in [-0.15, -0.1) is 0 Å². The number of hydrogen-bond donors (Lipinski definition) is 1.